The van der Waals surface area contributed by atoms with Gasteiger partial charge in [0.25, 0.3) is 0 Å². The van der Waals surface area contributed by atoms with E-state index in [0.29, 0.717) is 0 Å². The molecule has 0 N–H and O–H groups in total. The fourth-order valence-corrected chi connectivity index (χ4v) is 4.08. The molecule has 0 aliphatic carbocycles. The summed E-state index contributed by atoms with van der Waals surface area (Å²) in [6.45, 7) is 4.75. The Labute approximate surface area is 232 Å². The number of halogens is 2. The van der Waals surface area contributed by atoms with Gasteiger partial charge in [0.05, 0.1) is 0 Å². The number of ether oxygens (including phenoxy) is 9. The molecule has 2 heterocycles. The van der Waals surface area contributed by atoms with E-state index in [1.54, 1.807) is 0 Å². The molecular formula is C24H32F2O15. The Morgan fingerprint density at radius 1 is 0.512 bits per heavy atom. The second-order valence-corrected chi connectivity index (χ2v) is 9.01. The standard InChI is InChI=1S/C24H32F2O15/c1-9(27)33-7-15-19(35-11(3)29)21(37-13(5)31)17(25)23(39-15)41-24-18(26)22(38-14(6)32)20(36-12(4)30)16(40-24)8-34-10(2)28/h15-24H,7-8H2,1-6H3/t15-,16-,17+,18+,19-,20-,21-,22-,23-,24+/m1/s1. The van der Waals surface area contributed by atoms with E-state index in [1.807, 2.05) is 0 Å². The van der Waals surface area contributed by atoms with Crippen LogP contribution < -0.4 is 0 Å². The molecule has 17 heteroatoms. The van der Waals surface area contributed by atoms with Crippen molar-refractivity contribution >= 4 is 35.8 Å². The Morgan fingerprint density at radius 2 is 0.805 bits per heavy atom. The molecule has 0 spiro atoms. The van der Waals surface area contributed by atoms with Crippen molar-refractivity contribution in [2.75, 3.05) is 13.2 Å². The first-order valence-corrected chi connectivity index (χ1v) is 12.3. The minimum Gasteiger partial charge on any atom is -0.463 e. The van der Waals surface area contributed by atoms with Crippen molar-refractivity contribution in [1.82, 2.24) is 0 Å². The summed E-state index contributed by atoms with van der Waals surface area (Å²) in [5, 5.41) is 0. The second-order valence-electron chi connectivity index (χ2n) is 9.01. The van der Waals surface area contributed by atoms with E-state index in [0.717, 1.165) is 41.5 Å². The third kappa shape index (κ3) is 9.86. The van der Waals surface area contributed by atoms with E-state index in [4.69, 9.17) is 42.6 Å². The first-order valence-electron chi connectivity index (χ1n) is 12.3. The zero-order valence-corrected chi connectivity index (χ0v) is 23.1. The van der Waals surface area contributed by atoms with Gasteiger partial charge in [-0.3, -0.25) is 28.8 Å². The van der Waals surface area contributed by atoms with Crippen LogP contribution in [0.25, 0.3) is 0 Å². The van der Waals surface area contributed by atoms with Gasteiger partial charge in [0.2, 0.25) is 0 Å². The molecule has 0 aromatic heterocycles. The normalized spacial score (nSPS) is 33.1. The summed E-state index contributed by atoms with van der Waals surface area (Å²) in [4.78, 5) is 69.7. The first kappa shape index (κ1) is 33.8. The van der Waals surface area contributed by atoms with Crippen molar-refractivity contribution < 1.29 is 80.2 Å². The average Bonchev–Trinajstić information content (AvgIpc) is 2.84. The number of esters is 6. The van der Waals surface area contributed by atoms with Crippen LogP contribution in [-0.2, 0) is 71.4 Å². The molecule has 15 nitrogen and oxygen atoms in total. The van der Waals surface area contributed by atoms with Gasteiger partial charge in [-0.1, -0.05) is 0 Å². The molecule has 2 rings (SSSR count). The van der Waals surface area contributed by atoms with Crippen LogP contribution in [0.4, 0.5) is 8.78 Å². The molecule has 2 fully saturated rings. The molecule has 2 saturated heterocycles. The number of alkyl halides is 2. The Morgan fingerprint density at radius 3 is 1.07 bits per heavy atom. The Hall–Kier alpha value is -3.44. The topological polar surface area (TPSA) is 185 Å². The summed E-state index contributed by atoms with van der Waals surface area (Å²) < 4.78 is 77.8. The van der Waals surface area contributed by atoms with E-state index in [2.05, 4.69) is 0 Å². The van der Waals surface area contributed by atoms with Crippen LogP contribution in [0, 0.1) is 0 Å². The van der Waals surface area contributed by atoms with Gasteiger partial charge in [0.1, 0.15) is 25.4 Å². The van der Waals surface area contributed by atoms with Crippen LogP contribution in [0.2, 0.25) is 0 Å². The van der Waals surface area contributed by atoms with Crippen molar-refractivity contribution in [3.8, 4) is 0 Å². The molecular weight excluding hydrogens is 566 g/mol. The SMILES string of the molecule is CC(=O)OC[C@H]1O[C@@H](O[C@H]2O[C@H](COC(C)=O)[C@@H](OC(C)=O)[C@H](OC(C)=O)[C@@H]2F)[C@@H](F)[C@@H](OC(C)=O)[C@@H]1OC(C)=O. The molecule has 2 aliphatic rings. The predicted octanol–water partition coefficient (Wildman–Crippen LogP) is -0.0180. The lowest BCUT2D eigenvalue weighted by molar-refractivity contribution is -0.364. The van der Waals surface area contributed by atoms with Crippen molar-refractivity contribution in [1.29, 1.82) is 0 Å². The highest BCUT2D eigenvalue weighted by Crippen LogP contribution is 2.35. The zero-order chi connectivity index (χ0) is 31.0. The summed E-state index contributed by atoms with van der Waals surface area (Å²) >= 11 is 0. The van der Waals surface area contributed by atoms with Gasteiger partial charge in [0, 0.05) is 41.5 Å². The van der Waals surface area contributed by atoms with Crippen molar-refractivity contribution in [3.63, 3.8) is 0 Å². The third-order valence-corrected chi connectivity index (χ3v) is 5.52. The average molecular weight is 599 g/mol. The van der Waals surface area contributed by atoms with Gasteiger partial charge < -0.3 is 42.6 Å². The van der Waals surface area contributed by atoms with E-state index < -0.39 is 111 Å². The van der Waals surface area contributed by atoms with Crippen LogP contribution >= 0.6 is 0 Å². The van der Waals surface area contributed by atoms with Crippen LogP contribution in [-0.4, -0.2) is 111 Å². The van der Waals surface area contributed by atoms with Gasteiger partial charge in [-0.15, -0.1) is 0 Å². The number of hydrogen-bond donors (Lipinski definition) is 0. The van der Waals surface area contributed by atoms with Crippen LogP contribution in [0.15, 0.2) is 0 Å². The van der Waals surface area contributed by atoms with Crippen LogP contribution in [0.1, 0.15) is 41.5 Å². The maximum absolute atomic E-state index is 15.7. The highest BCUT2D eigenvalue weighted by molar-refractivity contribution is 5.68. The van der Waals surface area contributed by atoms with Crippen LogP contribution in [0.3, 0.4) is 0 Å². The minimum atomic E-state index is -2.43. The molecule has 10 atom stereocenters. The summed E-state index contributed by atoms with van der Waals surface area (Å²) in [6, 6.07) is 0. The summed E-state index contributed by atoms with van der Waals surface area (Å²) in [5.41, 5.74) is 0. The summed E-state index contributed by atoms with van der Waals surface area (Å²) in [6.07, 6.45) is -19.0. The van der Waals surface area contributed by atoms with Gasteiger partial charge in [-0.25, -0.2) is 8.78 Å². The monoisotopic (exact) mass is 598 g/mol. The zero-order valence-electron chi connectivity index (χ0n) is 23.1. The Kier molecular flexibility index (Phi) is 12.3. The fraction of sp³-hybridized carbons (Fsp3) is 0.750. The maximum atomic E-state index is 15.7. The van der Waals surface area contributed by atoms with Crippen molar-refractivity contribution in [2.45, 2.75) is 103 Å². The predicted molar refractivity (Wildman–Crippen MR) is 124 cm³/mol. The molecule has 41 heavy (non-hydrogen) atoms. The fourth-order valence-electron chi connectivity index (χ4n) is 4.08. The van der Waals surface area contributed by atoms with Gasteiger partial charge >= 0.3 is 35.8 Å². The molecule has 0 radical (unpaired) electrons. The van der Waals surface area contributed by atoms with E-state index >= 15 is 8.78 Å². The summed E-state index contributed by atoms with van der Waals surface area (Å²) in [7, 11) is 0. The largest absolute Gasteiger partial charge is 0.463 e. The number of rotatable bonds is 10. The van der Waals surface area contributed by atoms with Crippen LogP contribution in [0.5, 0.6) is 0 Å². The number of carbonyl (C=O) groups excluding carboxylic acids is 6. The molecule has 0 aromatic carbocycles. The van der Waals surface area contributed by atoms with Crippen molar-refractivity contribution in [3.05, 3.63) is 0 Å². The molecule has 2 aliphatic heterocycles. The van der Waals surface area contributed by atoms with Crippen molar-refractivity contribution in [2.24, 2.45) is 0 Å². The highest BCUT2D eigenvalue weighted by Gasteiger charge is 2.56. The van der Waals surface area contributed by atoms with E-state index in [1.165, 1.54) is 0 Å². The van der Waals surface area contributed by atoms with Gasteiger partial charge in [-0.2, -0.15) is 0 Å². The number of carbonyl (C=O) groups is 6. The molecule has 232 valence electrons. The quantitative estimate of drug-likeness (QED) is 0.241. The second kappa shape index (κ2) is 15.0. The lowest BCUT2D eigenvalue weighted by Gasteiger charge is -2.45. The smallest absolute Gasteiger partial charge is 0.303 e. The Balaban J connectivity index is 2.42. The summed E-state index contributed by atoms with van der Waals surface area (Å²) in [5.74, 6) is -5.37. The van der Waals surface area contributed by atoms with E-state index in [9.17, 15) is 28.8 Å². The number of hydrogen-bond acceptors (Lipinski definition) is 15. The van der Waals surface area contributed by atoms with Gasteiger partial charge in [0.15, 0.2) is 49.3 Å². The lowest BCUT2D eigenvalue weighted by atomic mass is 9.98. The molecule has 0 saturated carbocycles. The highest BCUT2D eigenvalue weighted by atomic mass is 19.1. The van der Waals surface area contributed by atoms with E-state index in [-0.39, 0.29) is 0 Å². The molecule has 0 unspecified atom stereocenters. The van der Waals surface area contributed by atoms with Gasteiger partial charge in [-0.05, 0) is 0 Å². The third-order valence-electron chi connectivity index (χ3n) is 5.52. The lowest BCUT2D eigenvalue weighted by Crippen LogP contribution is -2.64. The molecule has 0 amide bonds. The molecule has 0 aromatic rings. The first-order chi connectivity index (χ1) is 19.1. The molecule has 0 bridgehead atoms. The Bertz CT molecular complexity index is 914. The minimum absolute atomic E-state index is 0.623. The maximum Gasteiger partial charge on any atom is 0.303 e.